The maximum absolute atomic E-state index is 12.9. The van der Waals surface area contributed by atoms with Crippen LogP contribution in [0.15, 0.2) is 54.1 Å². The smallest absolute Gasteiger partial charge is 0.338 e. The Morgan fingerprint density at radius 2 is 1.70 bits per heavy atom. The van der Waals surface area contributed by atoms with Crippen LogP contribution in [-0.4, -0.2) is 13.1 Å². The van der Waals surface area contributed by atoms with E-state index in [0.717, 1.165) is 17.6 Å². The maximum atomic E-state index is 12.9. The molecule has 138 valence electrons. The molecule has 0 aliphatic heterocycles. The summed E-state index contributed by atoms with van der Waals surface area (Å²) in [4.78, 5) is 12.9. The molecule has 0 heterocycles. The Bertz CT molecular complexity index is 939. The molecule has 4 unspecified atom stereocenters. The van der Waals surface area contributed by atoms with Crippen LogP contribution in [-0.2, 0) is 16.0 Å². The lowest BCUT2D eigenvalue weighted by Gasteiger charge is -2.37. The number of carbonyl (C=O) groups is 1. The van der Waals surface area contributed by atoms with Gasteiger partial charge in [0.05, 0.1) is 12.7 Å². The van der Waals surface area contributed by atoms with Crippen molar-refractivity contribution in [1.29, 1.82) is 0 Å². The summed E-state index contributed by atoms with van der Waals surface area (Å²) in [6, 6.07) is 17.4. The minimum atomic E-state index is -0.164. The van der Waals surface area contributed by atoms with Crippen LogP contribution in [0.4, 0.5) is 0 Å². The van der Waals surface area contributed by atoms with Crippen LogP contribution < -0.4 is 0 Å². The van der Waals surface area contributed by atoms with Crippen molar-refractivity contribution >= 4 is 11.5 Å². The lowest BCUT2D eigenvalue weighted by molar-refractivity contribution is -0.133. The fourth-order valence-corrected chi connectivity index (χ4v) is 5.92. The van der Waals surface area contributed by atoms with Crippen LogP contribution in [0.5, 0.6) is 0 Å². The zero-order valence-corrected chi connectivity index (χ0v) is 16.1. The van der Waals surface area contributed by atoms with Gasteiger partial charge in [0.15, 0.2) is 0 Å². The van der Waals surface area contributed by atoms with Gasteiger partial charge < -0.3 is 4.74 Å². The summed E-state index contributed by atoms with van der Waals surface area (Å²) in [7, 11) is 1.51. The summed E-state index contributed by atoms with van der Waals surface area (Å²) < 4.78 is 5.27. The highest BCUT2D eigenvalue weighted by atomic mass is 16.5. The van der Waals surface area contributed by atoms with Crippen molar-refractivity contribution in [3.63, 3.8) is 0 Å². The summed E-state index contributed by atoms with van der Waals surface area (Å²) in [6.07, 6.45) is 4.64. The number of hydrogen-bond donors (Lipinski definition) is 0. The quantitative estimate of drug-likeness (QED) is 0.630. The first-order valence-corrected chi connectivity index (χ1v) is 10.2. The second-order valence-electron chi connectivity index (χ2n) is 8.50. The predicted molar refractivity (Wildman–Crippen MR) is 108 cm³/mol. The topological polar surface area (TPSA) is 26.3 Å². The van der Waals surface area contributed by atoms with Gasteiger partial charge in [-0.15, -0.1) is 0 Å². The van der Waals surface area contributed by atoms with Gasteiger partial charge in [0.25, 0.3) is 0 Å². The van der Waals surface area contributed by atoms with E-state index >= 15 is 0 Å². The number of ether oxygens (including phenoxy) is 1. The third-order valence-electron chi connectivity index (χ3n) is 7.05. The molecule has 0 amide bonds. The SMILES string of the molecule is COC(=O)C1=C2C(Cc3ccccc3C3CCC(C)CC23)c2ccccc21. The summed E-state index contributed by atoms with van der Waals surface area (Å²) in [5, 5.41) is 0. The molecule has 2 nitrogen and oxygen atoms in total. The Morgan fingerprint density at radius 3 is 2.52 bits per heavy atom. The lowest BCUT2D eigenvalue weighted by Crippen LogP contribution is -2.25. The Morgan fingerprint density at radius 1 is 0.963 bits per heavy atom. The van der Waals surface area contributed by atoms with Crippen molar-refractivity contribution in [2.24, 2.45) is 11.8 Å². The zero-order valence-electron chi connectivity index (χ0n) is 16.1. The number of rotatable bonds is 1. The van der Waals surface area contributed by atoms with Gasteiger partial charge in [-0.05, 0) is 64.8 Å². The monoisotopic (exact) mass is 358 g/mol. The Kier molecular flexibility index (Phi) is 3.96. The van der Waals surface area contributed by atoms with E-state index in [1.807, 2.05) is 6.07 Å². The molecule has 0 radical (unpaired) electrons. The molecule has 27 heavy (non-hydrogen) atoms. The van der Waals surface area contributed by atoms with Crippen molar-refractivity contribution in [1.82, 2.24) is 0 Å². The van der Waals surface area contributed by atoms with E-state index in [2.05, 4.69) is 49.4 Å². The highest BCUT2D eigenvalue weighted by molar-refractivity contribution is 6.19. The highest BCUT2D eigenvalue weighted by Gasteiger charge is 2.45. The van der Waals surface area contributed by atoms with Gasteiger partial charge in [0, 0.05) is 5.92 Å². The van der Waals surface area contributed by atoms with Crippen molar-refractivity contribution in [3.8, 4) is 0 Å². The second-order valence-corrected chi connectivity index (χ2v) is 8.50. The summed E-state index contributed by atoms with van der Waals surface area (Å²) in [5.41, 5.74) is 7.59. The number of fused-ring (bicyclic) bond motifs is 7. The van der Waals surface area contributed by atoms with E-state index < -0.39 is 0 Å². The molecule has 2 heteroatoms. The molecular formula is C25H26O2. The predicted octanol–water partition coefficient (Wildman–Crippen LogP) is 5.49. The molecule has 3 aliphatic carbocycles. The molecule has 4 atom stereocenters. The fraction of sp³-hybridized carbons (Fsp3) is 0.400. The van der Waals surface area contributed by atoms with Crippen LogP contribution in [0.1, 0.15) is 60.3 Å². The third kappa shape index (κ3) is 2.50. The molecule has 1 fully saturated rings. The van der Waals surface area contributed by atoms with Gasteiger partial charge in [0.2, 0.25) is 0 Å². The minimum absolute atomic E-state index is 0.164. The first-order valence-electron chi connectivity index (χ1n) is 10.2. The Balaban J connectivity index is 1.77. The third-order valence-corrected chi connectivity index (χ3v) is 7.05. The van der Waals surface area contributed by atoms with Gasteiger partial charge in [0.1, 0.15) is 0 Å². The van der Waals surface area contributed by atoms with Crippen LogP contribution in [0.25, 0.3) is 5.57 Å². The average Bonchev–Trinajstić information content (AvgIpc) is 2.94. The van der Waals surface area contributed by atoms with Gasteiger partial charge in [-0.1, -0.05) is 61.9 Å². The zero-order chi connectivity index (χ0) is 18.5. The number of carbonyl (C=O) groups excluding carboxylic acids is 1. The standard InChI is InChI=1S/C25H26O2/c1-15-11-12-19-17-8-4-3-7-16(17)14-22-18-9-5-6-10-20(18)24(25(26)27-2)23(22)21(19)13-15/h3-10,15,19,21-22H,11-14H2,1-2H3. The van der Waals surface area contributed by atoms with Gasteiger partial charge in [-0.2, -0.15) is 0 Å². The van der Waals surface area contributed by atoms with Gasteiger partial charge >= 0.3 is 5.97 Å². The Hall–Kier alpha value is -2.35. The van der Waals surface area contributed by atoms with E-state index in [1.165, 1.54) is 48.6 Å². The van der Waals surface area contributed by atoms with Crippen molar-refractivity contribution in [2.45, 2.75) is 44.4 Å². The lowest BCUT2D eigenvalue weighted by atomic mass is 9.67. The molecule has 0 aromatic heterocycles. The van der Waals surface area contributed by atoms with E-state index in [1.54, 1.807) is 0 Å². The van der Waals surface area contributed by atoms with Gasteiger partial charge in [-0.25, -0.2) is 4.79 Å². The number of esters is 1. The van der Waals surface area contributed by atoms with E-state index in [9.17, 15) is 4.79 Å². The van der Waals surface area contributed by atoms with Crippen LogP contribution in [0.3, 0.4) is 0 Å². The van der Waals surface area contributed by atoms with E-state index in [0.29, 0.717) is 23.7 Å². The molecule has 3 aliphatic rings. The first-order chi connectivity index (χ1) is 13.2. The van der Waals surface area contributed by atoms with Crippen LogP contribution >= 0.6 is 0 Å². The molecular weight excluding hydrogens is 332 g/mol. The molecule has 5 rings (SSSR count). The average molecular weight is 358 g/mol. The van der Waals surface area contributed by atoms with Crippen LogP contribution in [0, 0.1) is 11.8 Å². The van der Waals surface area contributed by atoms with Crippen molar-refractivity contribution in [2.75, 3.05) is 7.11 Å². The van der Waals surface area contributed by atoms with E-state index in [-0.39, 0.29) is 5.97 Å². The number of allylic oxidation sites excluding steroid dienone is 1. The second kappa shape index (κ2) is 6.37. The minimum Gasteiger partial charge on any atom is -0.465 e. The molecule has 2 aromatic rings. The normalized spacial score (nSPS) is 28.5. The molecule has 2 aromatic carbocycles. The molecule has 0 N–H and O–H groups in total. The number of benzene rings is 2. The molecule has 0 bridgehead atoms. The van der Waals surface area contributed by atoms with Crippen molar-refractivity contribution in [3.05, 3.63) is 76.4 Å². The maximum Gasteiger partial charge on any atom is 0.338 e. The highest BCUT2D eigenvalue weighted by Crippen LogP contribution is 2.57. The Labute approximate surface area is 161 Å². The largest absolute Gasteiger partial charge is 0.465 e. The number of methoxy groups -OCH3 is 1. The number of hydrogen-bond acceptors (Lipinski definition) is 2. The molecule has 1 saturated carbocycles. The fourth-order valence-electron chi connectivity index (χ4n) is 5.92. The summed E-state index contributed by atoms with van der Waals surface area (Å²) in [5.74, 6) is 1.79. The van der Waals surface area contributed by atoms with E-state index in [4.69, 9.17) is 4.74 Å². The van der Waals surface area contributed by atoms with Gasteiger partial charge in [-0.3, -0.25) is 0 Å². The molecule has 0 spiro atoms. The summed E-state index contributed by atoms with van der Waals surface area (Å²) in [6.45, 7) is 2.36. The van der Waals surface area contributed by atoms with Crippen LogP contribution in [0.2, 0.25) is 0 Å². The molecule has 0 saturated heterocycles. The first kappa shape index (κ1) is 16.8. The van der Waals surface area contributed by atoms with Crippen molar-refractivity contribution < 1.29 is 9.53 Å². The summed E-state index contributed by atoms with van der Waals surface area (Å²) >= 11 is 0.